The van der Waals surface area contributed by atoms with Crippen molar-refractivity contribution in [3.63, 3.8) is 0 Å². The van der Waals surface area contributed by atoms with Crippen molar-refractivity contribution in [2.45, 2.75) is 18.9 Å². The van der Waals surface area contributed by atoms with Crippen molar-refractivity contribution in [3.05, 3.63) is 64.6 Å². The van der Waals surface area contributed by atoms with Crippen molar-refractivity contribution < 1.29 is 19.0 Å². The molecule has 1 unspecified atom stereocenters. The first kappa shape index (κ1) is 20.5. The van der Waals surface area contributed by atoms with Crippen LogP contribution < -0.4 is 14.2 Å². The van der Waals surface area contributed by atoms with Gasteiger partial charge < -0.3 is 19.1 Å². The highest BCUT2D eigenvalue weighted by atomic mass is 79.9. The molecule has 30 heavy (non-hydrogen) atoms. The summed E-state index contributed by atoms with van der Waals surface area (Å²) in [4.78, 5) is 14.8. The predicted octanol–water partition coefficient (Wildman–Crippen LogP) is 5.36. The SMILES string of the molecule is COc1ccc(C2CCCN2C(=O)COc2ccc3cc(Br)ccc3c2)cc1OC. The van der Waals surface area contributed by atoms with Crippen LogP contribution in [0.2, 0.25) is 0 Å². The fraction of sp³-hybridized carbons (Fsp3) is 0.292. The van der Waals surface area contributed by atoms with Gasteiger partial charge >= 0.3 is 0 Å². The van der Waals surface area contributed by atoms with Crippen LogP contribution >= 0.6 is 15.9 Å². The van der Waals surface area contributed by atoms with Gasteiger partial charge in [0.05, 0.1) is 20.3 Å². The molecule has 0 saturated carbocycles. The zero-order valence-corrected chi connectivity index (χ0v) is 18.6. The lowest BCUT2D eigenvalue weighted by Gasteiger charge is -2.25. The molecule has 0 aromatic heterocycles. The second-order valence-corrected chi connectivity index (χ2v) is 8.22. The summed E-state index contributed by atoms with van der Waals surface area (Å²) in [6.07, 6.45) is 1.89. The van der Waals surface area contributed by atoms with Crippen LogP contribution in [0.25, 0.3) is 10.8 Å². The number of benzene rings is 3. The Morgan fingerprint density at radius 1 is 1.00 bits per heavy atom. The van der Waals surface area contributed by atoms with Crippen LogP contribution in [-0.2, 0) is 4.79 Å². The molecule has 0 N–H and O–H groups in total. The minimum Gasteiger partial charge on any atom is -0.493 e. The summed E-state index contributed by atoms with van der Waals surface area (Å²) in [5.74, 6) is 2.04. The Balaban J connectivity index is 1.45. The number of methoxy groups -OCH3 is 2. The number of likely N-dealkylation sites (tertiary alicyclic amines) is 1. The summed E-state index contributed by atoms with van der Waals surface area (Å²) >= 11 is 3.48. The van der Waals surface area contributed by atoms with Crippen molar-refractivity contribution in [1.82, 2.24) is 4.90 Å². The van der Waals surface area contributed by atoms with E-state index < -0.39 is 0 Å². The van der Waals surface area contributed by atoms with E-state index in [0.717, 1.165) is 40.2 Å². The maximum absolute atomic E-state index is 12.9. The Hall–Kier alpha value is -2.73. The molecule has 1 aliphatic rings. The molecule has 0 spiro atoms. The Labute approximate surface area is 184 Å². The van der Waals surface area contributed by atoms with Crippen molar-refractivity contribution >= 4 is 32.6 Å². The molecule has 3 aromatic rings. The number of carbonyl (C=O) groups excluding carboxylic acids is 1. The number of nitrogens with zero attached hydrogens (tertiary/aromatic N) is 1. The van der Waals surface area contributed by atoms with E-state index in [9.17, 15) is 4.79 Å². The number of fused-ring (bicyclic) bond motifs is 1. The second kappa shape index (κ2) is 8.96. The smallest absolute Gasteiger partial charge is 0.261 e. The van der Waals surface area contributed by atoms with E-state index in [1.54, 1.807) is 14.2 Å². The minimum atomic E-state index is -0.0109. The summed E-state index contributed by atoms with van der Waals surface area (Å²) in [6.45, 7) is 0.749. The molecule has 1 aliphatic heterocycles. The summed E-state index contributed by atoms with van der Waals surface area (Å²) in [5, 5.41) is 2.20. The Morgan fingerprint density at radius 3 is 2.57 bits per heavy atom. The molecule has 5 nitrogen and oxygen atoms in total. The Morgan fingerprint density at radius 2 is 1.77 bits per heavy atom. The minimum absolute atomic E-state index is 0.0109. The molecular weight excluding hydrogens is 446 g/mol. The van der Waals surface area contributed by atoms with E-state index in [2.05, 4.69) is 22.0 Å². The average molecular weight is 470 g/mol. The predicted molar refractivity (Wildman–Crippen MR) is 120 cm³/mol. The molecular formula is C24H24BrNO4. The number of amides is 1. The van der Waals surface area contributed by atoms with Gasteiger partial charge in [-0.15, -0.1) is 0 Å². The van der Waals surface area contributed by atoms with Gasteiger partial charge in [0, 0.05) is 11.0 Å². The van der Waals surface area contributed by atoms with E-state index in [-0.39, 0.29) is 18.6 Å². The molecule has 1 heterocycles. The molecule has 1 atom stereocenters. The van der Waals surface area contributed by atoms with Crippen LogP contribution in [0.4, 0.5) is 0 Å². The number of hydrogen-bond donors (Lipinski definition) is 0. The fourth-order valence-corrected chi connectivity index (χ4v) is 4.36. The fourth-order valence-electron chi connectivity index (χ4n) is 3.98. The summed E-state index contributed by atoms with van der Waals surface area (Å²) in [7, 11) is 3.24. The van der Waals surface area contributed by atoms with Gasteiger partial charge in [0.25, 0.3) is 5.91 Å². The molecule has 1 amide bonds. The summed E-state index contributed by atoms with van der Waals surface area (Å²) in [5.41, 5.74) is 1.05. The largest absolute Gasteiger partial charge is 0.493 e. The highest BCUT2D eigenvalue weighted by molar-refractivity contribution is 9.10. The van der Waals surface area contributed by atoms with Crippen molar-refractivity contribution in [2.24, 2.45) is 0 Å². The van der Waals surface area contributed by atoms with Crippen molar-refractivity contribution in [2.75, 3.05) is 27.4 Å². The zero-order valence-electron chi connectivity index (χ0n) is 17.1. The van der Waals surface area contributed by atoms with Gasteiger partial charge in [0.2, 0.25) is 0 Å². The maximum atomic E-state index is 12.9. The molecule has 156 valence electrons. The first-order valence-corrected chi connectivity index (χ1v) is 10.7. The van der Waals surface area contributed by atoms with Gasteiger partial charge in [0.15, 0.2) is 18.1 Å². The number of halogens is 1. The van der Waals surface area contributed by atoms with Crippen LogP contribution in [0.5, 0.6) is 17.2 Å². The Bertz CT molecular complexity index is 1070. The number of carbonyl (C=O) groups is 1. The van der Waals surface area contributed by atoms with E-state index in [1.165, 1.54) is 0 Å². The normalized spacial score (nSPS) is 16.0. The lowest BCUT2D eigenvalue weighted by molar-refractivity contribution is -0.134. The standard InChI is InChI=1S/C24H24BrNO4/c1-28-22-10-7-18(14-23(22)29-2)21-4-3-11-26(21)24(27)15-30-20-9-6-16-12-19(25)8-5-17(16)13-20/h5-10,12-14,21H,3-4,11,15H2,1-2H3. The molecule has 0 bridgehead atoms. The van der Waals surface area contributed by atoms with E-state index in [4.69, 9.17) is 14.2 Å². The topological polar surface area (TPSA) is 48.0 Å². The monoisotopic (exact) mass is 469 g/mol. The summed E-state index contributed by atoms with van der Waals surface area (Å²) < 4.78 is 17.6. The zero-order chi connectivity index (χ0) is 21.1. The lowest BCUT2D eigenvalue weighted by Crippen LogP contribution is -2.34. The Kier molecular flexibility index (Phi) is 6.13. The van der Waals surface area contributed by atoms with E-state index >= 15 is 0 Å². The van der Waals surface area contributed by atoms with Gasteiger partial charge in [-0.3, -0.25) is 4.79 Å². The van der Waals surface area contributed by atoms with Crippen molar-refractivity contribution in [1.29, 1.82) is 0 Å². The quantitative estimate of drug-likeness (QED) is 0.487. The third-order valence-electron chi connectivity index (χ3n) is 5.50. The van der Waals surface area contributed by atoms with Crippen LogP contribution in [0.1, 0.15) is 24.4 Å². The van der Waals surface area contributed by atoms with Gasteiger partial charge in [-0.1, -0.05) is 34.1 Å². The lowest BCUT2D eigenvalue weighted by atomic mass is 10.0. The van der Waals surface area contributed by atoms with Crippen LogP contribution in [-0.4, -0.2) is 38.2 Å². The molecule has 1 saturated heterocycles. The summed E-state index contributed by atoms with van der Waals surface area (Å²) in [6, 6.07) is 17.8. The molecule has 0 radical (unpaired) electrons. The van der Waals surface area contributed by atoms with Crippen LogP contribution in [0, 0.1) is 0 Å². The van der Waals surface area contributed by atoms with Crippen LogP contribution in [0.15, 0.2) is 59.1 Å². The van der Waals surface area contributed by atoms with E-state index in [0.29, 0.717) is 17.2 Å². The number of rotatable bonds is 6. The van der Waals surface area contributed by atoms with Gasteiger partial charge in [0.1, 0.15) is 5.75 Å². The molecule has 4 rings (SSSR count). The number of hydrogen-bond acceptors (Lipinski definition) is 4. The third kappa shape index (κ3) is 4.24. The van der Waals surface area contributed by atoms with Crippen LogP contribution in [0.3, 0.4) is 0 Å². The third-order valence-corrected chi connectivity index (χ3v) is 5.99. The van der Waals surface area contributed by atoms with Gasteiger partial charge in [-0.05, 0) is 65.6 Å². The molecule has 6 heteroatoms. The highest BCUT2D eigenvalue weighted by Crippen LogP contribution is 2.37. The number of ether oxygens (including phenoxy) is 3. The van der Waals surface area contributed by atoms with E-state index in [1.807, 2.05) is 53.4 Å². The molecule has 0 aliphatic carbocycles. The van der Waals surface area contributed by atoms with Gasteiger partial charge in [-0.2, -0.15) is 0 Å². The molecule has 3 aromatic carbocycles. The maximum Gasteiger partial charge on any atom is 0.261 e. The first-order chi connectivity index (χ1) is 14.6. The van der Waals surface area contributed by atoms with Crippen molar-refractivity contribution in [3.8, 4) is 17.2 Å². The average Bonchev–Trinajstić information content (AvgIpc) is 3.27. The second-order valence-electron chi connectivity index (χ2n) is 7.30. The molecule has 1 fully saturated rings. The van der Waals surface area contributed by atoms with Gasteiger partial charge in [-0.25, -0.2) is 0 Å². The first-order valence-electron chi connectivity index (χ1n) is 9.92. The highest BCUT2D eigenvalue weighted by Gasteiger charge is 2.30.